The van der Waals surface area contributed by atoms with E-state index in [0.717, 1.165) is 43.8 Å². The number of methoxy groups -OCH3 is 1. The number of amides is 1. The first-order chi connectivity index (χ1) is 15.0. The number of likely N-dealkylation sites (tertiary alicyclic amines) is 1. The summed E-state index contributed by atoms with van der Waals surface area (Å²) in [5.41, 5.74) is 2.80. The van der Waals surface area contributed by atoms with Gasteiger partial charge in [0.05, 0.1) is 12.8 Å². The number of nitrogens with zero attached hydrogens (tertiary/aromatic N) is 4. The summed E-state index contributed by atoms with van der Waals surface area (Å²) in [6.07, 6.45) is 5.17. The lowest BCUT2D eigenvalue weighted by Gasteiger charge is -2.36. The van der Waals surface area contributed by atoms with Gasteiger partial charge in [-0.1, -0.05) is 12.1 Å². The van der Waals surface area contributed by atoms with E-state index in [2.05, 4.69) is 22.0 Å². The van der Waals surface area contributed by atoms with Crippen LogP contribution in [0.1, 0.15) is 18.4 Å². The van der Waals surface area contributed by atoms with E-state index < -0.39 is 0 Å². The third-order valence-corrected chi connectivity index (χ3v) is 5.91. The van der Waals surface area contributed by atoms with Crippen LogP contribution in [0.15, 0.2) is 61.1 Å². The van der Waals surface area contributed by atoms with Crippen LogP contribution in [0.4, 0.5) is 4.79 Å². The van der Waals surface area contributed by atoms with Gasteiger partial charge in [0, 0.05) is 44.5 Å². The molecule has 1 amide bonds. The molecule has 3 aromatic rings. The number of benzene rings is 2. The number of phenols is 1. The maximum absolute atomic E-state index is 13.0. The standard InChI is InChI=1S/C24H28N4O3/c1-26(24(30)28-16-23(25-17-28)19-6-8-21(29)9-7-19)20-10-12-27(13-11-20)15-18-4-3-5-22(14-18)31-2/h3-9,14,16-17,20,29H,10-13,15H2,1-2H3. The summed E-state index contributed by atoms with van der Waals surface area (Å²) in [6, 6.07) is 15.1. The second-order valence-corrected chi connectivity index (χ2v) is 7.97. The number of hydrogen-bond donors (Lipinski definition) is 1. The highest BCUT2D eigenvalue weighted by atomic mass is 16.5. The summed E-state index contributed by atoms with van der Waals surface area (Å²) in [4.78, 5) is 21.6. The van der Waals surface area contributed by atoms with E-state index in [4.69, 9.17) is 4.74 Å². The monoisotopic (exact) mass is 420 g/mol. The topological polar surface area (TPSA) is 70.8 Å². The quantitative estimate of drug-likeness (QED) is 0.679. The van der Waals surface area contributed by atoms with E-state index in [1.165, 1.54) is 10.1 Å². The summed E-state index contributed by atoms with van der Waals surface area (Å²) < 4.78 is 6.85. The Hall–Kier alpha value is -3.32. The molecule has 1 saturated heterocycles. The van der Waals surface area contributed by atoms with E-state index in [-0.39, 0.29) is 17.8 Å². The molecule has 0 saturated carbocycles. The molecule has 7 heteroatoms. The number of rotatable bonds is 5. The highest BCUT2D eigenvalue weighted by Gasteiger charge is 2.26. The Morgan fingerprint density at radius 1 is 1.19 bits per heavy atom. The molecule has 1 aliphatic rings. The molecule has 1 N–H and O–H groups in total. The first-order valence-corrected chi connectivity index (χ1v) is 10.5. The van der Waals surface area contributed by atoms with Gasteiger partial charge in [-0.2, -0.15) is 0 Å². The van der Waals surface area contributed by atoms with Crippen molar-refractivity contribution in [2.75, 3.05) is 27.2 Å². The van der Waals surface area contributed by atoms with Crippen LogP contribution in [0.2, 0.25) is 0 Å². The van der Waals surface area contributed by atoms with Gasteiger partial charge in [-0.25, -0.2) is 9.78 Å². The summed E-state index contributed by atoms with van der Waals surface area (Å²) in [5, 5.41) is 9.44. The van der Waals surface area contributed by atoms with Gasteiger partial charge in [-0.05, 0) is 54.8 Å². The van der Waals surface area contributed by atoms with Gasteiger partial charge in [0.15, 0.2) is 0 Å². The van der Waals surface area contributed by atoms with E-state index in [1.807, 2.05) is 24.1 Å². The third kappa shape index (κ3) is 4.88. The maximum Gasteiger partial charge on any atom is 0.329 e. The average molecular weight is 421 g/mol. The Bertz CT molecular complexity index is 1020. The van der Waals surface area contributed by atoms with Crippen LogP contribution in [0.3, 0.4) is 0 Å². The van der Waals surface area contributed by atoms with Crippen molar-refractivity contribution in [1.29, 1.82) is 0 Å². The van der Waals surface area contributed by atoms with E-state index >= 15 is 0 Å². The summed E-state index contributed by atoms with van der Waals surface area (Å²) in [5.74, 6) is 1.08. The number of piperidine rings is 1. The molecule has 0 radical (unpaired) electrons. The lowest BCUT2D eigenvalue weighted by molar-refractivity contribution is 0.132. The van der Waals surface area contributed by atoms with Gasteiger partial charge in [0.25, 0.3) is 0 Å². The van der Waals surface area contributed by atoms with Gasteiger partial charge < -0.3 is 14.7 Å². The smallest absolute Gasteiger partial charge is 0.329 e. The first kappa shape index (κ1) is 20.9. The molecule has 0 bridgehead atoms. The first-order valence-electron chi connectivity index (χ1n) is 10.5. The molecule has 7 nitrogen and oxygen atoms in total. The maximum atomic E-state index is 13.0. The van der Waals surface area contributed by atoms with Gasteiger partial charge in [0.2, 0.25) is 0 Å². The largest absolute Gasteiger partial charge is 0.508 e. The van der Waals surface area contributed by atoms with Crippen LogP contribution >= 0.6 is 0 Å². The fourth-order valence-corrected chi connectivity index (χ4v) is 4.04. The van der Waals surface area contributed by atoms with Gasteiger partial charge in [-0.3, -0.25) is 9.47 Å². The number of ether oxygens (including phenoxy) is 1. The van der Waals surface area contributed by atoms with Crippen LogP contribution in [-0.2, 0) is 6.54 Å². The number of aromatic hydroxyl groups is 1. The molecule has 1 aromatic heterocycles. The van der Waals surface area contributed by atoms with Crippen molar-refractivity contribution in [1.82, 2.24) is 19.4 Å². The molecule has 31 heavy (non-hydrogen) atoms. The highest BCUT2D eigenvalue weighted by molar-refractivity contribution is 5.78. The molecule has 162 valence electrons. The Morgan fingerprint density at radius 2 is 1.94 bits per heavy atom. The Morgan fingerprint density at radius 3 is 2.65 bits per heavy atom. The second kappa shape index (κ2) is 9.22. The zero-order valence-corrected chi connectivity index (χ0v) is 17.9. The number of carbonyl (C=O) groups is 1. The number of hydrogen-bond acceptors (Lipinski definition) is 5. The van der Waals surface area contributed by atoms with E-state index in [0.29, 0.717) is 5.69 Å². The Kier molecular flexibility index (Phi) is 6.23. The van der Waals surface area contributed by atoms with Crippen molar-refractivity contribution in [2.45, 2.75) is 25.4 Å². The normalized spacial score (nSPS) is 15.0. The lowest BCUT2D eigenvalue weighted by atomic mass is 10.0. The Balaban J connectivity index is 1.33. The predicted octanol–water partition coefficient (Wildman–Crippen LogP) is 3.83. The fourth-order valence-electron chi connectivity index (χ4n) is 4.04. The molecule has 0 aliphatic carbocycles. The van der Waals surface area contributed by atoms with E-state index in [1.54, 1.807) is 43.9 Å². The molecule has 1 fully saturated rings. The zero-order valence-electron chi connectivity index (χ0n) is 17.9. The summed E-state index contributed by atoms with van der Waals surface area (Å²) in [6.45, 7) is 2.78. The Labute approximate surface area is 182 Å². The van der Waals surface area contributed by atoms with Crippen molar-refractivity contribution in [3.8, 4) is 22.8 Å². The fraction of sp³-hybridized carbons (Fsp3) is 0.333. The molecular formula is C24H28N4O3. The molecule has 2 heterocycles. The van der Waals surface area contributed by atoms with Crippen molar-refractivity contribution in [3.63, 3.8) is 0 Å². The molecule has 2 aromatic carbocycles. The number of aromatic nitrogens is 2. The molecular weight excluding hydrogens is 392 g/mol. The minimum atomic E-state index is -0.0798. The van der Waals surface area contributed by atoms with Crippen molar-refractivity contribution >= 4 is 6.03 Å². The molecule has 0 atom stereocenters. The number of imidazole rings is 1. The molecule has 4 rings (SSSR count). The number of phenolic OH excluding ortho intramolecular Hbond substituents is 1. The lowest BCUT2D eigenvalue weighted by Crippen LogP contribution is -2.46. The molecule has 1 aliphatic heterocycles. The van der Waals surface area contributed by atoms with Crippen LogP contribution < -0.4 is 4.74 Å². The third-order valence-electron chi connectivity index (χ3n) is 5.91. The van der Waals surface area contributed by atoms with Crippen LogP contribution in [0.25, 0.3) is 11.3 Å². The van der Waals surface area contributed by atoms with Crippen LogP contribution in [0, 0.1) is 0 Å². The average Bonchev–Trinajstić information content (AvgIpc) is 3.29. The van der Waals surface area contributed by atoms with Crippen LogP contribution in [0.5, 0.6) is 11.5 Å². The van der Waals surface area contributed by atoms with E-state index in [9.17, 15) is 9.90 Å². The van der Waals surface area contributed by atoms with Crippen molar-refractivity contribution < 1.29 is 14.6 Å². The highest BCUT2D eigenvalue weighted by Crippen LogP contribution is 2.22. The van der Waals surface area contributed by atoms with Gasteiger partial charge in [0.1, 0.15) is 17.8 Å². The summed E-state index contributed by atoms with van der Waals surface area (Å²) >= 11 is 0. The van der Waals surface area contributed by atoms with Gasteiger partial charge >= 0.3 is 6.03 Å². The van der Waals surface area contributed by atoms with Gasteiger partial charge in [-0.15, -0.1) is 0 Å². The van der Waals surface area contributed by atoms with Crippen LogP contribution in [-0.4, -0.2) is 63.8 Å². The number of carbonyl (C=O) groups excluding carboxylic acids is 1. The van der Waals surface area contributed by atoms with Crippen molar-refractivity contribution in [2.24, 2.45) is 0 Å². The predicted molar refractivity (Wildman–Crippen MR) is 119 cm³/mol. The molecule has 0 unspecified atom stereocenters. The van der Waals surface area contributed by atoms with Crippen molar-refractivity contribution in [3.05, 3.63) is 66.6 Å². The minimum absolute atomic E-state index is 0.0798. The zero-order chi connectivity index (χ0) is 21.8. The minimum Gasteiger partial charge on any atom is -0.508 e. The second-order valence-electron chi connectivity index (χ2n) is 7.97. The summed E-state index contributed by atoms with van der Waals surface area (Å²) in [7, 11) is 3.55. The molecule has 0 spiro atoms. The SMILES string of the molecule is COc1cccc(CN2CCC(N(C)C(=O)n3cnc(-c4ccc(O)cc4)c3)CC2)c1.